The molecule has 0 aromatic carbocycles. The van der Waals surface area contributed by atoms with Crippen LogP contribution in [0.5, 0.6) is 0 Å². The van der Waals surface area contributed by atoms with Gasteiger partial charge in [0, 0.05) is 0 Å². The Balaban J connectivity index is 2.76. The lowest BCUT2D eigenvalue weighted by molar-refractivity contribution is -0.132. The molecule has 0 radical (unpaired) electrons. The molecule has 0 N–H and O–H groups in total. The van der Waals surface area contributed by atoms with Gasteiger partial charge in [-0.2, -0.15) is 0 Å². The highest BCUT2D eigenvalue weighted by atomic mass is 16.5. The number of amides is 1. The predicted molar refractivity (Wildman–Crippen MR) is 46.6 cm³/mol. The van der Waals surface area contributed by atoms with Crippen molar-refractivity contribution in [2.24, 2.45) is 5.92 Å². The normalized spacial score (nSPS) is 28.1. The van der Waals surface area contributed by atoms with E-state index in [1.54, 1.807) is 4.90 Å². The molecule has 3 heteroatoms. The first-order valence-corrected chi connectivity index (χ1v) is 4.36. The van der Waals surface area contributed by atoms with E-state index in [2.05, 4.69) is 13.8 Å². The summed E-state index contributed by atoms with van der Waals surface area (Å²) in [7, 11) is 0. The van der Waals surface area contributed by atoms with E-state index in [1.165, 1.54) is 0 Å². The van der Waals surface area contributed by atoms with E-state index in [1.807, 2.05) is 13.8 Å². The first kappa shape index (κ1) is 9.52. The fourth-order valence-electron chi connectivity index (χ4n) is 1.56. The summed E-state index contributed by atoms with van der Waals surface area (Å²) in [6, 6.07) is 0.234. The summed E-state index contributed by atoms with van der Waals surface area (Å²) in [5.74, 6) is 0.456. The van der Waals surface area contributed by atoms with Gasteiger partial charge in [-0.15, -0.1) is 0 Å². The largest absolute Gasteiger partial charge is 0.354 e. The van der Waals surface area contributed by atoms with Crippen LogP contribution < -0.4 is 0 Å². The van der Waals surface area contributed by atoms with Crippen LogP contribution in [-0.2, 0) is 9.53 Å². The van der Waals surface area contributed by atoms with Crippen LogP contribution in [0.15, 0.2) is 0 Å². The zero-order chi connectivity index (χ0) is 9.35. The van der Waals surface area contributed by atoms with Crippen LogP contribution >= 0.6 is 0 Å². The van der Waals surface area contributed by atoms with Gasteiger partial charge in [-0.3, -0.25) is 4.79 Å². The highest BCUT2D eigenvalue weighted by molar-refractivity contribution is 5.49. The Morgan fingerprint density at radius 3 is 2.50 bits per heavy atom. The Hall–Kier alpha value is -0.570. The molecule has 1 unspecified atom stereocenters. The van der Waals surface area contributed by atoms with Crippen molar-refractivity contribution in [1.82, 2.24) is 4.90 Å². The SMILES string of the molecule is CC(C)C1COC(C)(C)N1C=O. The lowest BCUT2D eigenvalue weighted by Gasteiger charge is -2.31. The van der Waals surface area contributed by atoms with Crippen LogP contribution in [0.4, 0.5) is 0 Å². The van der Waals surface area contributed by atoms with Crippen molar-refractivity contribution < 1.29 is 9.53 Å². The molecule has 1 saturated heterocycles. The van der Waals surface area contributed by atoms with Gasteiger partial charge in [-0.25, -0.2) is 0 Å². The predicted octanol–water partition coefficient (Wildman–Crippen LogP) is 1.24. The summed E-state index contributed by atoms with van der Waals surface area (Å²) in [5.41, 5.74) is -0.420. The molecule has 1 atom stereocenters. The van der Waals surface area contributed by atoms with Gasteiger partial charge in [0.05, 0.1) is 12.6 Å². The van der Waals surface area contributed by atoms with Crippen molar-refractivity contribution in [1.29, 1.82) is 0 Å². The molecule has 0 saturated carbocycles. The monoisotopic (exact) mass is 171 g/mol. The first-order chi connectivity index (χ1) is 5.49. The van der Waals surface area contributed by atoms with Crippen molar-refractivity contribution in [3.8, 4) is 0 Å². The molecule has 1 aliphatic heterocycles. The molecule has 0 aliphatic carbocycles. The molecule has 70 valence electrons. The lowest BCUT2D eigenvalue weighted by Crippen LogP contribution is -2.44. The summed E-state index contributed by atoms with van der Waals surface area (Å²) >= 11 is 0. The maximum absolute atomic E-state index is 10.8. The summed E-state index contributed by atoms with van der Waals surface area (Å²) in [4.78, 5) is 12.5. The minimum absolute atomic E-state index is 0.234. The number of carbonyl (C=O) groups is 1. The maximum atomic E-state index is 10.8. The second kappa shape index (κ2) is 3.05. The summed E-state index contributed by atoms with van der Waals surface area (Å²) < 4.78 is 5.51. The van der Waals surface area contributed by atoms with Gasteiger partial charge in [0.25, 0.3) is 0 Å². The molecule has 0 bridgehead atoms. The van der Waals surface area contributed by atoms with Gasteiger partial charge in [0.15, 0.2) is 0 Å². The highest BCUT2D eigenvalue weighted by Crippen LogP contribution is 2.28. The number of hydrogen-bond donors (Lipinski definition) is 0. The molecular formula is C9H17NO2. The van der Waals surface area contributed by atoms with E-state index < -0.39 is 5.72 Å². The molecule has 1 aliphatic rings. The van der Waals surface area contributed by atoms with Gasteiger partial charge in [0.2, 0.25) is 6.41 Å². The number of carbonyl (C=O) groups excluding carboxylic acids is 1. The zero-order valence-corrected chi connectivity index (χ0v) is 8.20. The number of nitrogens with zero attached hydrogens (tertiary/aromatic N) is 1. The molecule has 0 aromatic heterocycles. The maximum Gasteiger partial charge on any atom is 0.212 e. The molecule has 3 nitrogen and oxygen atoms in total. The van der Waals surface area contributed by atoms with E-state index >= 15 is 0 Å². The van der Waals surface area contributed by atoms with Crippen LogP contribution in [0.25, 0.3) is 0 Å². The average Bonchev–Trinajstić information content (AvgIpc) is 2.24. The fourth-order valence-corrected chi connectivity index (χ4v) is 1.56. The third kappa shape index (κ3) is 1.46. The van der Waals surface area contributed by atoms with Crippen molar-refractivity contribution in [3.63, 3.8) is 0 Å². The Labute approximate surface area is 73.7 Å². The quantitative estimate of drug-likeness (QED) is 0.585. The minimum atomic E-state index is -0.420. The molecular weight excluding hydrogens is 154 g/mol. The minimum Gasteiger partial charge on any atom is -0.354 e. The van der Waals surface area contributed by atoms with Crippen LogP contribution in [-0.4, -0.2) is 29.7 Å². The molecule has 1 amide bonds. The molecule has 1 fully saturated rings. The topological polar surface area (TPSA) is 29.5 Å². The molecule has 0 spiro atoms. The smallest absolute Gasteiger partial charge is 0.212 e. The van der Waals surface area contributed by atoms with E-state index in [0.29, 0.717) is 12.5 Å². The van der Waals surface area contributed by atoms with Crippen molar-refractivity contribution >= 4 is 6.41 Å². The Morgan fingerprint density at radius 2 is 2.17 bits per heavy atom. The molecule has 12 heavy (non-hydrogen) atoms. The van der Waals surface area contributed by atoms with Gasteiger partial charge in [-0.1, -0.05) is 13.8 Å². The van der Waals surface area contributed by atoms with E-state index in [-0.39, 0.29) is 6.04 Å². The van der Waals surface area contributed by atoms with Crippen LogP contribution in [0.1, 0.15) is 27.7 Å². The number of ether oxygens (including phenoxy) is 1. The second-order valence-electron chi connectivity index (χ2n) is 4.08. The second-order valence-corrected chi connectivity index (χ2v) is 4.08. The van der Waals surface area contributed by atoms with E-state index in [4.69, 9.17) is 4.74 Å². The van der Waals surface area contributed by atoms with Gasteiger partial charge < -0.3 is 9.64 Å². The molecule has 1 heterocycles. The number of hydrogen-bond acceptors (Lipinski definition) is 2. The van der Waals surface area contributed by atoms with Gasteiger partial charge in [-0.05, 0) is 19.8 Å². The Bertz CT molecular complexity index is 177. The zero-order valence-electron chi connectivity index (χ0n) is 8.20. The standard InChI is InChI=1S/C9H17NO2/c1-7(2)8-5-12-9(3,4)10(8)6-11/h6-8H,5H2,1-4H3. The third-order valence-corrected chi connectivity index (χ3v) is 2.47. The van der Waals surface area contributed by atoms with Crippen molar-refractivity contribution in [3.05, 3.63) is 0 Å². The Morgan fingerprint density at radius 1 is 1.58 bits per heavy atom. The van der Waals surface area contributed by atoms with Gasteiger partial charge >= 0.3 is 0 Å². The lowest BCUT2D eigenvalue weighted by atomic mass is 10.0. The fraction of sp³-hybridized carbons (Fsp3) is 0.889. The van der Waals surface area contributed by atoms with E-state index in [9.17, 15) is 4.79 Å². The first-order valence-electron chi connectivity index (χ1n) is 4.36. The summed E-state index contributed by atoms with van der Waals surface area (Å²) in [5, 5.41) is 0. The molecule has 1 rings (SSSR count). The van der Waals surface area contributed by atoms with E-state index in [0.717, 1.165) is 6.41 Å². The molecule has 0 aromatic rings. The average molecular weight is 171 g/mol. The Kier molecular flexibility index (Phi) is 2.42. The van der Waals surface area contributed by atoms with Gasteiger partial charge in [0.1, 0.15) is 5.72 Å². The van der Waals surface area contributed by atoms with Crippen molar-refractivity contribution in [2.75, 3.05) is 6.61 Å². The summed E-state index contributed by atoms with van der Waals surface area (Å²) in [6.07, 6.45) is 0.887. The van der Waals surface area contributed by atoms with Crippen LogP contribution in [0.3, 0.4) is 0 Å². The summed E-state index contributed by atoms with van der Waals surface area (Å²) in [6.45, 7) is 8.70. The number of rotatable bonds is 2. The van der Waals surface area contributed by atoms with Crippen molar-refractivity contribution in [2.45, 2.75) is 39.5 Å². The highest BCUT2D eigenvalue weighted by Gasteiger charge is 2.40. The van der Waals surface area contributed by atoms with Crippen LogP contribution in [0, 0.1) is 5.92 Å². The van der Waals surface area contributed by atoms with Crippen LogP contribution in [0.2, 0.25) is 0 Å². The third-order valence-electron chi connectivity index (χ3n) is 2.47.